The van der Waals surface area contributed by atoms with E-state index in [1.165, 1.54) is 37.1 Å². The lowest BCUT2D eigenvalue weighted by molar-refractivity contribution is -0.132. The summed E-state index contributed by atoms with van der Waals surface area (Å²) in [5.41, 5.74) is 2.32. The molecule has 1 amide bonds. The lowest BCUT2D eigenvalue weighted by atomic mass is 10.1. The van der Waals surface area contributed by atoms with E-state index in [0.29, 0.717) is 12.3 Å². The smallest absolute Gasteiger partial charge is 0.260 e. The Balaban J connectivity index is 1.50. The Morgan fingerprint density at radius 1 is 1.12 bits per heavy atom. The van der Waals surface area contributed by atoms with Crippen LogP contribution < -0.4 is 9.64 Å². The molecule has 0 spiro atoms. The molecule has 0 N–H and O–H groups in total. The van der Waals surface area contributed by atoms with Gasteiger partial charge in [0.2, 0.25) is 0 Å². The summed E-state index contributed by atoms with van der Waals surface area (Å²) in [6, 6.07) is 14.2. The number of piperidine rings is 1. The van der Waals surface area contributed by atoms with Crippen LogP contribution in [0.5, 0.6) is 5.75 Å². The van der Waals surface area contributed by atoms with Crippen molar-refractivity contribution in [3.63, 3.8) is 0 Å². The standard InChI is InChI=1S/C21H25FN2O2/c1-23(21(25)16-26-20-7-5-6-18(22)14-20)15-17-8-10-19(11-9-17)24-12-3-2-4-13-24/h5-11,14H,2-4,12-13,15-16H2,1H3. The van der Waals surface area contributed by atoms with Gasteiger partial charge in [0.05, 0.1) is 0 Å². The molecule has 138 valence electrons. The zero-order valence-electron chi connectivity index (χ0n) is 15.2. The van der Waals surface area contributed by atoms with Gasteiger partial charge >= 0.3 is 0 Å². The molecule has 26 heavy (non-hydrogen) atoms. The van der Waals surface area contributed by atoms with Gasteiger partial charge in [-0.1, -0.05) is 18.2 Å². The molecule has 1 heterocycles. The third-order valence-corrected chi connectivity index (χ3v) is 4.66. The number of carbonyl (C=O) groups excluding carboxylic acids is 1. The molecule has 0 radical (unpaired) electrons. The highest BCUT2D eigenvalue weighted by Gasteiger charge is 2.13. The molecule has 0 bridgehead atoms. The molecule has 3 rings (SSSR count). The monoisotopic (exact) mass is 356 g/mol. The van der Waals surface area contributed by atoms with Crippen molar-refractivity contribution < 1.29 is 13.9 Å². The molecule has 1 saturated heterocycles. The van der Waals surface area contributed by atoms with Gasteiger partial charge in [0.1, 0.15) is 11.6 Å². The van der Waals surface area contributed by atoms with Crippen LogP contribution in [-0.2, 0) is 11.3 Å². The molecule has 0 saturated carbocycles. The van der Waals surface area contributed by atoms with Crippen LogP contribution in [0.25, 0.3) is 0 Å². The maximum atomic E-state index is 13.1. The van der Waals surface area contributed by atoms with Crippen LogP contribution >= 0.6 is 0 Å². The van der Waals surface area contributed by atoms with Crippen molar-refractivity contribution in [1.82, 2.24) is 4.90 Å². The molecule has 0 aromatic heterocycles. The van der Waals surface area contributed by atoms with Crippen LogP contribution in [0.1, 0.15) is 24.8 Å². The second kappa shape index (κ2) is 8.70. The number of anilines is 1. The Morgan fingerprint density at radius 3 is 2.54 bits per heavy atom. The SMILES string of the molecule is CN(Cc1ccc(N2CCCCC2)cc1)C(=O)COc1cccc(F)c1. The number of carbonyl (C=O) groups is 1. The molecule has 4 nitrogen and oxygen atoms in total. The molecule has 5 heteroatoms. The molecule has 2 aromatic carbocycles. The minimum atomic E-state index is -0.378. The number of rotatable bonds is 6. The summed E-state index contributed by atoms with van der Waals surface area (Å²) < 4.78 is 18.5. The average molecular weight is 356 g/mol. The van der Waals surface area contributed by atoms with Crippen molar-refractivity contribution in [2.45, 2.75) is 25.8 Å². The second-order valence-corrected chi connectivity index (χ2v) is 6.71. The van der Waals surface area contributed by atoms with Crippen LogP contribution in [0.2, 0.25) is 0 Å². The van der Waals surface area contributed by atoms with Crippen molar-refractivity contribution in [2.75, 3.05) is 31.6 Å². The Labute approximate surface area is 154 Å². The fraction of sp³-hybridized carbons (Fsp3) is 0.381. The second-order valence-electron chi connectivity index (χ2n) is 6.71. The van der Waals surface area contributed by atoms with E-state index in [4.69, 9.17) is 4.74 Å². The van der Waals surface area contributed by atoms with Crippen molar-refractivity contribution >= 4 is 11.6 Å². The topological polar surface area (TPSA) is 32.8 Å². The number of hydrogen-bond acceptors (Lipinski definition) is 3. The fourth-order valence-electron chi connectivity index (χ4n) is 3.14. The van der Waals surface area contributed by atoms with Gasteiger partial charge in [-0.2, -0.15) is 0 Å². The van der Waals surface area contributed by atoms with E-state index in [9.17, 15) is 9.18 Å². The van der Waals surface area contributed by atoms with Gasteiger partial charge in [0.15, 0.2) is 6.61 Å². The van der Waals surface area contributed by atoms with Crippen molar-refractivity contribution in [3.05, 3.63) is 59.9 Å². The van der Waals surface area contributed by atoms with Gasteiger partial charge in [0.25, 0.3) is 5.91 Å². The molecular formula is C21H25FN2O2. The van der Waals surface area contributed by atoms with E-state index < -0.39 is 0 Å². The third-order valence-electron chi connectivity index (χ3n) is 4.66. The molecule has 0 aliphatic carbocycles. The number of nitrogens with zero attached hydrogens (tertiary/aromatic N) is 2. The summed E-state index contributed by atoms with van der Waals surface area (Å²) in [5, 5.41) is 0. The normalized spacial score (nSPS) is 14.2. The highest BCUT2D eigenvalue weighted by atomic mass is 19.1. The average Bonchev–Trinajstić information content (AvgIpc) is 2.67. The minimum absolute atomic E-state index is 0.105. The Bertz CT molecular complexity index is 727. The van der Waals surface area contributed by atoms with Gasteiger partial charge in [-0.3, -0.25) is 4.79 Å². The first-order valence-electron chi connectivity index (χ1n) is 9.08. The van der Waals surface area contributed by atoms with Crippen LogP contribution in [0.4, 0.5) is 10.1 Å². The van der Waals surface area contributed by atoms with E-state index in [2.05, 4.69) is 29.2 Å². The summed E-state index contributed by atoms with van der Waals surface area (Å²) in [7, 11) is 1.75. The zero-order valence-corrected chi connectivity index (χ0v) is 15.2. The molecule has 1 aliphatic heterocycles. The van der Waals surface area contributed by atoms with Crippen molar-refractivity contribution in [1.29, 1.82) is 0 Å². The Morgan fingerprint density at radius 2 is 1.85 bits per heavy atom. The van der Waals surface area contributed by atoms with Crippen LogP contribution in [0, 0.1) is 5.82 Å². The van der Waals surface area contributed by atoms with Gasteiger partial charge in [0, 0.05) is 38.4 Å². The third kappa shape index (κ3) is 4.97. The van der Waals surface area contributed by atoms with Crippen molar-refractivity contribution in [2.24, 2.45) is 0 Å². The molecular weight excluding hydrogens is 331 g/mol. The summed E-state index contributed by atoms with van der Waals surface area (Å²) in [6.45, 7) is 2.65. The highest BCUT2D eigenvalue weighted by molar-refractivity contribution is 5.77. The summed E-state index contributed by atoms with van der Waals surface area (Å²) in [6.07, 6.45) is 3.83. The maximum absolute atomic E-state index is 13.1. The quantitative estimate of drug-likeness (QED) is 0.788. The van der Waals surface area contributed by atoms with Gasteiger partial charge in [-0.15, -0.1) is 0 Å². The van der Waals surface area contributed by atoms with E-state index in [1.807, 2.05) is 0 Å². The molecule has 1 aliphatic rings. The van der Waals surface area contributed by atoms with Crippen LogP contribution in [0.3, 0.4) is 0 Å². The molecule has 1 fully saturated rings. The van der Waals surface area contributed by atoms with E-state index in [1.54, 1.807) is 24.1 Å². The minimum Gasteiger partial charge on any atom is -0.484 e. The fourth-order valence-corrected chi connectivity index (χ4v) is 3.14. The van der Waals surface area contributed by atoms with Crippen LogP contribution in [-0.4, -0.2) is 37.6 Å². The van der Waals surface area contributed by atoms with E-state index in [-0.39, 0.29) is 18.3 Å². The summed E-state index contributed by atoms with van der Waals surface area (Å²) >= 11 is 0. The van der Waals surface area contributed by atoms with E-state index >= 15 is 0 Å². The number of amides is 1. The largest absolute Gasteiger partial charge is 0.484 e. The number of hydrogen-bond donors (Lipinski definition) is 0. The Hall–Kier alpha value is -2.56. The number of ether oxygens (including phenoxy) is 1. The maximum Gasteiger partial charge on any atom is 0.260 e. The first kappa shape index (κ1) is 18.2. The van der Waals surface area contributed by atoms with E-state index in [0.717, 1.165) is 18.7 Å². The predicted molar refractivity (Wildman–Crippen MR) is 101 cm³/mol. The Kier molecular flexibility index (Phi) is 6.10. The van der Waals surface area contributed by atoms with Crippen LogP contribution in [0.15, 0.2) is 48.5 Å². The molecule has 2 aromatic rings. The lowest BCUT2D eigenvalue weighted by Gasteiger charge is -2.29. The summed E-state index contributed by atoms with van der Waals surface area (Å²) in [5.74, 6) is -0.163. The summed E-state index contributed by atoms with van der Waals surface area (Å²) in [4.78, 5) is 16.3. The zero-order chi connectivity index (χ0) is 18.4. The first-order chi connectivity index (χ1) is 12.6. The van der Waals surface area contributed by atoms with Crippen molar-refractivity contribution in [3.8, 4) is 5.75 Å². The molecule has 0 atom stereocenters. The lowest BCUT2D eigenvalue weighted by Crippen LogP contribution is -2.31. The number of benzene rings is 2. The number of halogens is 1. The van der Waals surface area contributed by atoms with Gasteiger partial charge in [-0.05, 0) is 49.1 Å². The first-order valence-corrected chi connectivity index (χ1v) is 9.08. The number of likely N-dealkylation sites (N-methyl/N-ethyl adjacent to an activating group) is 1. The van der Waals surface area contributed by atoms with Gasteiger partial charge < -0.3 is 14.5 Å². The molecule has 0 unspecified atom stereocenters. The highest BCUT2D eigenvalue weighted by Crippen LogP contribution is 2.20. The predicted octanol–water partition coefficient (Wildman–Crippen LogP) is 3.85. The van der Waals surface area contributed by atoms with Gasteiger partial charge in [-0.25, -0.2) is 4.39 Å².